The van der Waals surface area contributed by atoms with Gasteiger partial charge in [-0.2, -0.15) is 4.98 Å². The van der Waals surface area contributed by atoms with Gasteiger partial charge in [0.25, 0.3) is 6.01 Å². The number of aromatic nitrogens is 1. The lowest BCUT2D eigenvalue weighted by molar-refractivity contribution is 0.00578. The molecule has 0 aliphatic carbocycles. The molecule has 0 spiro atoms. The SMILES string of the molecule is CC1(C)OB(c2ccc3oc(N4Cc5ccccc5C4)nc3c2)OC1(C)C. The lowest BCUT2D eigenvalue weighted by atomic mass is 9.79. The van der Waals surface area contributed by atoms with Gasteiger partial charge in [0.1, 0.15) is 5.52 Å². The number of benzene rings is 2. The van der Waals surface area contributed by atoms with Gasteiger partial charge < -0.3 is 18.6 Å². The molecule has 1 fully saturated rings. The molecule has 3 aromatic rings. The van der Waals surface area contributed by atoms with Crippen molar-refractivity contribution in [2.45, 2.75) is 52.0 Å². The Morgan fingerprint density at radius 2 is 1.56 bits per heavy atom. The fraction of sp³-hybridized carbons (Fsp3) is 0.381. The molecule has 0 radical (unpaired) electrons. The Bertz CT molecular complexity index is 986. The van der Waals surface area contributed by atoms with E-state index < -0.39 is 7.12 Å². The van der Waals surface area contributed by atoms with Crippen LogP contribution in [0.1, 0.15) is 38.8 Å². The number of hydrogen-bond donors (Lipinski definition) is 0. The van der Waals surface area contributed by atoms with Crippen molar-refractivity contribution in [1.82, 2.24) is 4.98 Å². The van der Waals surface area contributed by atoms with Crippen molar-refractivity contribution in [2.24, 2.45) is 0 Å². The van der Waals surface area contributed by atoms with Crippen LogP contribution in [0.3, 0.4) is 0 Å². The molecular formula is C21H23BN2O3. The normalized spacial score (nSPS) is 20.4. The Hall–Kier alpha value is -2.31. The molecule has 5 nitrogen and oxygen atoms in total. The Labute approximate surface area is 159 Å². The number of fused-ring (bicyclic) bond motifs is 2. The van der Waals surface area contributed by atoms with Gasteiger partial charge in [-0.25, -0.2) is 0 Å². The van der Waals surface area contributed by atoms with E-state index in [4.69, 9.17) is 18.7 Å². The first kappa shape index (κ1) is 16.8. The molecule has 0 atom stereocenters. The quantitative estimate of drug-likeness (QED) is 0.652. The third-order valence-electron chi connectivity index (χ3n) is 6.04. The zero-order valence-corrected chi connectivity index (χ0v) is 16.2. The second-order valence-electron chi connectivity index (χ2n) is 8.44. The number of oxazole rings is 1. The molecule has 138 valence electrons. The van der Waals surface area contributed by atoms with E-state index in [-0.39, 0.29) is 11.2 Å². The molecule has 0 amide bonds. The Morgan fingerprint density at radius 1 is 0.926 bits per heavy atom. The first-order chi connectivity index (χ1) is 12.8. The molecule has 27 heavy (non-hydrogen) atoms. The van der Waals surface area contributed by atoms with Crippen molar-refractivity contribution in [3.63, 3.8) is 0 Å². The van der Waals surface area contributed by atoms with Crippen LogP contribution >= 0.6 is 0 Å². The average Bonchev–Trinajstić information content (AvgIpc) is 3.28. The van der Waals surface area contributed by atoms with Crippen LogP contribution in [0.2, 0.25) is 0 Å². The molecular weight excluding hydrogens is 339 g/mol. The summed E-state index contributed by atoms with van der Waals surface area (Å²) in [7, 11) is -0.393. The topological polar surface area (TPSA) is 47.7 Å². The first-order valence-corrected chi connectivity index (χ1v) is 9.40. The maximum absolute atomic E-state index is 6.16. The number of nitrogens with zero attached hydrogens (tertiary/aromatic N) is 2. The van der Waals surface area contributed by atoms with Crippen molar-refractivity contribution in [3.8, 4) is 0 Å². The highest BCUT2D eigenvalue weighted by atomic mass is 16.7. The summed E-state index contributed by atoms with van der Waals surface area (Å²) in [5, 5.41) is 0. The van der Waals surface area contributed by atoms with Gasteiger partial charge in [-0.15, -0.1) is 0 Å². The second-order valence-corrected chi connectivity index (χ2v) is 8.44. The minimum absolute atomic E-state index is 0.358. The maximum Gasteiger partial charge on any atom is 0.494 e. The molecule has 2 aliphatic rings. The van der Waals surface area contributed by atoms with Crippen LogP contribution < -0.4 is 10.4 Å². The zero-order valence-electron chi connectivity index (χ0n) is 16.2. The highest BCUT2D eigenvalue weighted by Crippen LogP contribution is 2.37. The molecule has 3 heterocycles. The van der Waals surface area contributed by atoms with Gasteiger partial charge in [0.05, 0.1) is 11.2 Å². The van der Waals surface area contributed by atoms with Gasteiger partial charge >= 0.3 is 7.12 Å². The largest absolute Gasteiger partial charge is 0.494 e. The molecule has 0 saturated carbocycles. The summed E-state index contributed by atoms with van der Waals surface area (Å²) in [5.74, 6) is 0. The molecule has 0 N–H and O–H groups in total. The van der Waals surface area contributed by atoms with Crippen molar-refractivity contribution in [2.75, 3.05) is 4.90 Å². The number of anilines is 1. The van der Waals surface area contributed by atoms with Gasteiger partial charge in [-0.3, -0.25) is 0 Å². The first-order valence-electron chi connectivity index (χ1n) is 9.40. The van der Waals surface area contributed by atoms with Crippen molar-refractivity contribution >= 4 is 29.7 Å². The maximum atomic E-state index is 6.16. The van der Waals surface area contributed by atoms with Crippen LogP contribution in [0.25, 0.3) is 11.1 Å². The number of hydrogen-bond acceptors (Lipinski definition) is 5. The van der Waals surface area contributed by atoms with E-state index in [1.165, 1.54) is 11.1 Å². The van der Waals surface area contributed by atoms with Crippen molar-refractivity contribution < 1.29 is 13.7 Å². The van der Waals surface area contributed by atoms with E-state index in [0.29, 0.717) is 6.01 Å². The summed E-state index contributed by atoms with van der Waals surface area (Å²) in [6.45, 7) is 9.89. The van der Waals surface area contributed by atoms with Crippen LogP contribution in [-0.2, 0) is 22.4 Å². The van der Waals surface area contributed by atoms with Gasteiger partial charge in [-0.1, -0.05) is 30.3 Å². The van der Waals surface area contributed by atoms with E-state index in [1.807, 2.05) is 18.2 Å². The van der Waals surface area contributed by atoms with Crippen molar-refractivity contribution in [1.29, 1.82) is 0 Å². The van der Waals surface area contributed by atoms with E-state index in [0.717, 1.165) is 29.7 Å². The molecule has 1 aromatic heterocycles. The lowest BCUT2D eigenvalue weighted by Gasteiger charge is -2.32. The fourth-order valence-corrected chi connectivity index (χ4v) is 3.66. The predicted molar refractivity (Wildman–Crippen MR) is 106 cm³/mol. The molecule has 1 saturated heterocycles. The van der Waals surface area contributed by atoms with Crippen LogP contribution in [0.15, 0.2) is 46.9 Å². The average molecular weight is 362 g/mol. The molecule has 6 heteroatoms. The molecule has 0 unspecified atom stereocenters. The third kappa shape index (κ3) is 2.66. The molecule has 2 aliphatic heterocycles. The highest BCUT2D eigenvalue weighted by Gasteiger charge is 2.51. The zero-order chi connectivity index (χ0) is 18.8. The van der Waals surface area contributed by atoms with Gasteiger partial charge in [0, 0.05) is 13.1 Å². The van der Waals surface area contributed by atoms with Crippen molar-refractivity contribution in [3.05, 3.63) is 53.6 Å². The van der Waals surface area contributed by atoms with Crippen LogP contribution in [0.5, 0.6) is 0 Å². The minimum Gasteiger partial charge on any atom is -0.423 e. The summed E-state index contributed by atoms with van der Waals surface area (Å²) in [6.07, 6.45) is 0. The predicted octanol–water partition coefficient (Wildman–Crippen LogP) is 3.65. The molecule has 5 rings (SSSR count). The van der Waals surface area contributed by atoms with E-state index in [1.54, 1.807) is 0 Å². The van der Waals surface area contributed by atoms with Gasteiger partial charge in [0.2, 0.25) is 0 Å². The Balaban J connectivity index is 1.43. The minimum atomic E-state index is -0.393. The summed E-state index contributed by atoms with van der Waals surface area (Å²) >= 11 is 0. The van der Waals surface area contributed by atoms with E-state index in [9.17, 15) is 0 Å². The van der Waals surface area contributed by atoms with E-state index in [2.05, 4.69) is 56.9 Å². The lowest BCUT2D eigenvalue weighted by Crippen LogP contribution is -2.41. The standard InChI is InChI=1S/C21H23BN2O3/c1-20(2)21(3,4)27-22(26-20)16-9-10-18-17(11-16)23-19(25-18)24-12-14-7-5-6-8-15(14)13-24/h5-11H,12-13H2,1-4H3. The molecule has 0 bridgehead atoms. The van der Waals surface area contributed by atoms with Gasteiger partial charge in [0.15, 0.2) is 5.58 Å². The van der Waals surface area contributed by atoms with E-state index >= 15 is 0 Å². The fourth-order valence-electron chi connectivity index (χ4n) is 3.66. The summed E-state index contributed by atoms with van der Waals surface area (Å²) < 4.78 is 18.3. The van der Waals surface area contributed by atoms with Crippen LogP contribution in [0.4, 0.5) is 6.01 Å². The highest BCUT2D eigenvalue weighted by molar-refractivity contribution is 6.62. The smallest absolute Gasteiger partial charge is 0.423 e. The molecule has 2 aromatic carbocycles. The monoisotopic (exact) mass is 362 g/mol. The third-order valence-corrected chi connectivity index (χ3v) is 6.04. The summed E-state index contributed by atoms with van der Waals surface area (Å²) in [6, 6.07) is 15.1. The number of rotatable bonds is 2. The Kier molecular flexibility index (Phi) is 3.49. The van der Waals surface area contributed by atoms with Crippen LogP contribution in [-0.4, -0.2) is 23.3 Å². The summed E-state index contributed by atoms with van der Waals surface area (Å²) in [5.41, 5.74) is 4.52. The Morgan fingerprint density at radius 3 is 2.19 bits per heavy atom. The van der Waals surface area contributed by atoms with Gasteiger partial charge in [-0.05, 0) is 56.4 Å². The van der Waals surface area contributed by atoms with Crippen LogP contribution in [0, 0.1) is 0 Å². The second kappa shape index (κ2) is 5.60. The summed E-state index contributed by atoms with van der Waals surface area (Å²) in [4.78, 5) is 6.90.